The van der Waals surface area contributed by atoms with Crippen LogP contribution in [0.5, 0.6) is 0 Å². The highest BCUT2D eigenvalue weighted by Gasteiger charge is 2.37. The Morgan fingerprint density at radius 2 is 1.88 bits per heavy atom. The molecule has 1 aliphatic heterocycles. The number of aromatic nitrogens is 1. The second-order valence-electron chi connectivity index (χ2n) is 7.38. The molecule has 0 bridgehead atoms. The summed E-state index contributed by atoms with van der Waals surface area (Å²) >= 11 is 6.13. The summed E-state index contributed by atoms with van der Waals surface area (Å²) < 4.78 is 26.6. The highest BCUT2D eigenvalue weighted by molar-refractivity contribution is 6.29. The molecule has 2 aliphatic rings. The molecule has 0 unspecified atom stereocenters. The summed E-state index contributed by atoms with van der Waals surface area (Å²) in [5, 5.41) is 14.4. The number of anilines is 1. The van der Waals surface area contributed by atoms with E-state index in [1.165, 1.54) is 6.92 Å². The summed E-state index contributed by atoms with van der Waals surface area (Å²) in [7, 11) is 0. The zero-order valence-corrected chi connectivity index (χ0v) is 15.5. The third-order valence-electron chi connectivity index (χ3n) is 5.44. The predicted molar refractivity (Wildman–Crippen MR) is 95.5 cm³/mol. The zero-order chi connectivity index (χ0) is 18.9. The van der Waals surface area contributed by atoms with Crippen molar-refractivity contribution in [1.29, 1.82) is 0 Å². The van der Waals surface area contributed by atoms with Crippen LogP contribution in [0.15, 0.2) is 12.1 Å². The highest BCUT2D eigenvalue weighted by Crippen LogP contribution is 2.37. The average molecular weight is 388 g/mol. The normalized spacial score (nSPS) is 22.9. The molecule has 0 atom stereocenters. The van der Waals surface area contributed by atoms with Gasteiger partial charge in [0, 0.05) is 38.9 Å². The lowest BCUT2D eigenvalue weighted by molar-refractivity contribution is -0.133. The number of amides is 1. The van der Waals surface area contributed by atoms with Crippen molar-refractivity contribution >= 4 is 23.3 Å². The van der Waals surface area contributed by atoms with E-state index in [0.717, 1.165) is 0 Å². The van der Waals surface area contributed by atoms with Crippen LogP contribution in [-0.4, -0.2) is 46.0 Å². The molecular weight excluding hydrogens is 364 g/mol. The molecule has 1 aromatic rings. The van der Waals surface area contributed by atoms with E-state index >= 15 is 0 Å². The maximum Gasteiger partial charge on any atom is 0.248 e. The van der Waals surface area contributed by atoms with Crippen molar-refractivity contribution in [2.45, 2.75) is 63.0 Å². The third-order valence-corrected chi connectivity index (χ3v) is 5.63. The van der Waals surface area contributed by atoms with Crippen molar-refractivity contribution < 1.29 is 18.7 Å². The molecular formula is C18H24ClF2N3O2. The number of carbonyl (C=O) groups excluding carboxylic acids is 1. The number of carbonyl (C=O) groups is 1. The zero-order valence-electron chi connectivity index (χ0n) is 14.8. The topological polar surface area (TPSA) is 65.5 Å². The number of nitrogens with zero attached hydrogens (tertiary/aromatic N) is 2. The summed E-state index contributed by atoms with van der Waals surface area (Å²) in [6.07, 6.45) is 1.30. The van der Waals surface area contributed by atoms with Gasteiger partial charge in [0.15, 0.2) is 0 Å². The molecule has 3 rings (SSSR count). The summed E-state index contributed by atoms with van der Waals surface area (Å²) in [5.41, 5.74) is -0.432. The fourth-order valence-electron chi connectivity index (χ4n) is 3.71. The SMILES string of the molecule is CC(=O)N1CCC(O)(c2cc(Cl)nc(NC3CCC(F)(F)CC3)c2)CC1. The number of aliphatic hydroxyl groups is 1. The van der Waals surface area contributed by atoms with Gasteiger partial charge in [0.2, 0.25) is 11.8 Å². The maximum absolute atomic E-state index is 13.3. The number of alkyl halides is 2. The number of piperidine rings is 1. The number of hydrogen-bond donors (Lipinski definition) is 2. The fourth-order valence-corrected chi connectivity index (χ4v) is 3.92. The molecule has 5 nitrogen and oxygen atoms in total. The van der Waals surface area contributed by atoms with Crippen molar-refractivity contribution in [3.63, 3.8) is 0 Å². The van der Waals surface area contributed by atoms with Gasteiger partial charge in [-0.3, -0.25) is 4.79 Å². The predicted octanol–water partition coefficient (Wildman–Crippen LogP) is 3.55. The first-order valence-corrected chi connectivity index (χ1v) is 9.35. The van der Waals surface area contributed by atoms with Gasteiger partial charge in [0.1, 0.15) is 11.0 Å². The number of nitrogens with one attached hydrogen (secondary N) is 1. The van der Waals surface area contributed by atoms with Crippen LogP contribution in [0.25, 0.3) is 0 Å². The molecule has 0 spiro atoms. The van der Waals surface area contributed by atoms with Gasteiger partial charge in [-0.2, -0.15) is 0 Å². The van der Waals surface area contributed by atoms with Crippen molar-refractivity contribution in [1.82, 2.24) is 9.88 Å². The van der Waals surface area contributed by atoms with Crippen LogP contribution in [-0.2, 0) is 10.4 Å². The fraction of sp³-hybridized carbons (Fsp3) is 0.667. The molecule has 1 aliphatic carbocycles. The van der Waals surface area contributed by atoms with Crippen LogP contribution in [0.4, 0.5) is 14.6 Å². The van der Waals surface area contributed by atoms with Crippen LogP contribution in [0, 0.1) is 0 Å². The monoisotopic (exact) mass is 387 g/mol. The second kappa shape index (κ2) is 7.27. The van der Waals surface area contributed by atoms with E-state index in [0.29, 0.717) is 50.2 Å². The molecule has 1 amide bonds. The lowest BCUT2D eigenvalue weighted by Gasteiger charge is -2.38. The van der Waals surface area contributed by atoms with Gasteiger partial charge in [-0.15, -0.1) is 0 Å². The number of halogens is 3. The van der Waals surface area contributed by atoms with Crippen molar-refractivity contribution in [3.8, 4) is 0 Å². The average Bonchev–Trinajstić information content (AvgIpc) is 2.57. The molecule has 1 saturated heterocycles. The molecule has 0 aromatic carbocycles. The number of likely N-dealkylation sites (tertiary alicyclic amines) is 1. The van der Waals surface area contributed by atoms with Gasteiger partial charge < -0.3 is 15.3 Å². The Labute approximate surface area is 156 Å². The number of pyridine rings is 1. The lowest BCUT2D eigenvalue weighted by atomic mass is 9.84. The van der Waals surface area contributed by atoms with Crippen LogP contribution >= 0.6 is 11.6 Å². The standard InChI is InChI=1S/C18H24ClF2N3O2/c1-12(25)24-8-6-17(26,7-9-24)13-10-15(19)23-16(11-13)22-14-2-4-18(20,21)5-3-14/h10-11,14,26H,2-9H2,1H3,(H,22,23). The maximum atomic E-state index is 13.3. The third kappa shape index (κ3) is 4.43. The minimum Gasteiger partial charge on any atom is -0.385 e. The van der Waals surface area contributed by atoms with Gasteiger partial charge in [-0.25, -0.2) is 13.8 Å². The molecule has 1 saturated carbocycles. The summed E-state index contributed by atoms with van der Waals surface area (Å²) in [6, 6.07) is 3.29. The Balaban J connectivity index is 1.71. The van der Waals surface area contributed by atoms with Crippen molar-refractivity contribution in [3.05, 3.63) is 22.8 Å². The molecule has 2 N–H and O–H groups in total. The Morgan fingerprint density at radius 3 is 2.46 bits per heavy atom. The number of rotatable bonds is 3. The van der Waals surface area contributed by atoms with Crippen molar-refractivity contribution in [2.75, 3.05) is 18.4 Å². The Morgan fingerprint density at radius 1 is 1.27 bits per heavy atom. The van der Waals surface area contributed by atoms with Crippen LogP contribution in [0.2, 0.25) is 5.15 Å². The molecule has 2 fully saturated rings. The quantitative estimate of drug-likeness (QED) is 0.778. The van der Waals surface area contributed by atoms with Gasteiger partial charge in [0.25, 0.3) is 0 Å². The molecule has 8 heteroatoms. The summed E-state index contributed by atoms with van der Waals surface area (Å²) in [5.74, 6) is -2.09. The largest absolute Gasteiger partial charge is 0.385 e. The first-order chi connectivity index (χ1) is 12.2. The first kappa shape index (κ1) is 19.3. The Hall–Kier alpha value is -1.47. The van der Waals surface area contributed by atoms with Crippen LogP contribution < -0.4 is 5.32 Å². The van der Waals surface area contributed by atoms with E-state index in [2.05, 4.69) is 10.3 Å². The van der Waals surface area contributed by atoms with Crippen LogP contribution in [0.3, 0.4) is 0 Å². The highest BCUT2D eigenvalue weighted by atomic mass is 35.5. The van der Waals surface area contributed by atoms with Gasteiger partial charge in [0.05, 0.1) is 5.60 Å². The van der Waals surface area contributed by atoms with E-state index in [1.54, 1.807) is 17.0 Å². The lowest BCUT2D eigenvalue weighted by Crippen LogP contribution is -2.44. The van der Waals surface area contributed by atoms with E-state index in [9.17, 15) is 18.7 Å². The van der Waals surface area contributed by atoms with E-state index in [-0.39, 0.29) is 29.9 Å². The molecule has 1 aromatic heterocycles. The first-order valence-electron chi connectivity index (χ1n) is 8.97. The second-order valence-corrected chi connectivity index (χ2v) is 7.76. The Kier molecular flexibility index (Phi) is 5.40. The Bertz CT molecular complexity index is 668. The van der Waals surface area contributed by atoms with Crippen LogP contribution in [0.1, 0.15) is 51.0 Å². The van der Waals surface area contributed by atoms with E-state index in [1.807, 2.05) is 0 Å². The van der Waals surface area contributed by atoms with Gasteiger partial charge >= 0.3 is 0 Å². The van der Waals surface area contributed by atoms with E-state index in [4.69, 9.17) is 11.6 Å². The summed E-state index contributed by atoms with van der Waals surface area (Å²) in [4.78, 5) is 17.4. The van der Waals surface area contributed by atoms with E-state index < -0.39 is 11.5 Å². The smallest absolute Gasteiger partial charge is 0.248 e. The minimum atomic E-state index is -2.58. The van der Waals surface area contributed by atoms with Gasteiger partial charge in [-0.05, 0) is 43.4 Å². The molecule has 26 heavy (non-hydrogen) atoms. The molecule has 0 radical (unpaired) electrons. The van der Waals surface area contributed by atoms with Crippen molar-refractivity contribution in [2.24, 2.45) is 0 Å². The number of hydrogen-bond acceptors (Lipinski definition) is 4. The molecule has 144 valence electrons. The minimum absolute atomic E-state index is 0.00346. The van der Waals surface area contributed by atoms with Gasteiger partial charge in [-0.1, -0.05) is 11.6 Å². The summed E-state index contributed by atoms with van der Waals surface area (Å²) in [6.45, 7) is 2.47. The molecule has 2 heterocycles.